The molecule has 12 heteroatoms. The van der Waals surface area contributed by atoms with Crippen LogP contribution in [0.1, 0.15) is 12.7 Å². The minimum Gasteiger partial charge on any atom is -0.479 e. The number of sulfonamides is 1. The Morgan fingerprint density at radius 3 is 2.66 bits per heavy atom. The summed E-state index contributed by atoms with van der Waals surface area (Å²) in [6.45, 7) is 3.80. The maximum absolute atomic E-state index is 13.0. The zero-order chi connectivity index (χ0) is 22.9. The van der Waals surface area contributed by atoms with E-state index >= 15 is 0 Å². The molecular weight excluding hydrogens is 460 g/mol. The van der Waals surface area contributed by atoms with Gasteiger partial charge in [-0.05, 0) is 37.3 Å². The largest absolute Gasteiger partial charge is 0.479 e. The van der Waals surface area contributed by atoms with Gasteiger partial charge in [-0.2, -0.15) is 4.31 Å². The predicted molar refractivity (Wildman–Crippen MR) is 117 cm³/mol. The summed E-state index contributed by atoms with van der Waals surface area (Å²) in [5, 5.41) is 11.5. The van der Waals surface area contributed by atoms with Gasteiger partial charge in [0.25, 0.3) is 0 Å². The average molecular weight is 481 g/mol. The summed E-state index contributed by atoms with van der Waals surface area (Å²) in [5.74, 6) is 0.595. The van der Waals surface area contributed by atoms with E-state index in [2.05, 4.69) is 4.98 Å². The van der Waals surface area contributed by atoms with Crippen molar-refractivity contribution in [2.45, 2.75) is 25.0 Å². The van der Waals surface area contributed by atoms with Crippen molar-refractivity contribution < 1.29 is 22.8 Å². The van der Waals surface area contributed by atoms with Crippen LogP contribution in [0.15, 0.2) is 41.3 Å². The number of imidazole rings is 1. The van der Waals surface area contributed by atoms with Gasteiger partial charge < -0.3 is 14.0 Å². The highest BCUT2D eigenvalue weighted by Gasteiger charge is 2.27. The number of nitro benzene ring substituents is 1. The van der Waals surface area contributed by atoms with Crippen LogP contribution in [0.5, 0.6) is 5.75 Å². The first-order chi connectivity index (χ1) is 15.3. The number of morpholine rings is 1. The SMILES string of the molecule is CCn1c(COc2ccc(Cl)cc2[N+](=O)[O-])nc2cc(S(=O)(=O)N3CCOCC3)ccc21. The summed E-state index contributed by atoms with van der Waals surface area (Å²) in [4.78, 5) is 15.4. The maximum atomic E-state index is 13.0. The molecule has 1 saturated heterocycles. The van der Waals surface area contributed by atoms with Gasteiger partial charge in [0.1, 0.15) is 12.4 Å². The van der Waals surface area contributed by atoms with E-state index in [9.17, 15) is 18.5 Å². The van der Waals surface area contributed by atoms with Crippen molar-refractivity contribution >= 4 is 38.3 Å². The molecule has 0 N–H and O–H groups in total. The van der Waals surface area contributed by atoms with Gasteiger partial charge >= 0.3 is 5.69 Å². The van der Waals surface area contributed by atoms with Gasteiger partial charge in [0.05, 0.1) is 34.1 Å². The number of aromatic nitrogens is 2. The topological polar surface area (TPSA) is 117 Å². The molecule has 10 nitrogen and oxygen atoms in total. The first kappa shape index (κ1) is 22.5. The van der Waals surface area contributed by atoms with Gasteiger partial charge in [0.2, 0.25) is 10.0 Å². The number of halogens is 1. The lowest BCUT2D eigenvalue weighted by Gasteiger charge is -2.26. The number of hydrogen-bond acceptors (Lipinski definition) is 7. The van der Waals surface area contributed by atoms with E-state index in [0.29, 0.717) is 44.2 Å². The Hall–Kier alpha value is -2.73. The number of fused-ring (bicyclic) bond motifs is 1. The molecule has 1 aliphatic rings. The number of ether oxygens (including phenoxy) is 2. The first-order valence-corrected chi connectivity index (χ1v) is 11.8. The smallest absolute Gasteiger partial charge is 0.312 e. The normalized spacial score (nSPS) is 15.2. The Morgan fingerprint density at radius 1 is 1.22 bits per heavy atom. The fraction of sp³-hybridized carbons (Fsp3) is 0.350. The number of hydrogen-bond donors (Lipinski definition) is 0. The van der Waals surface area contributed by atoms with E-state index in [1.54, 1.807) is 18.2 Å². The summed E-state index contributed by atoms with van der Waals surface area (Å²) in [6, 6.07) is 8.99. The summed E-state index contributed by atoms with van der Waals surface area (Å²) in [5.41, 5.74) is 1.01. The van der Waals surface area contributed by atoms with E-state index in [1.165, 1.54) is 22.5 Å². The zero-order valence-electron chi connectivity index (χ0n) is 17.2. The van der Waals surface area contributed by atoms with Gasteiger partial charge in [-0.25, -0.2) is 13.4 Å². The molecule has 0 spiro atoms. The van der Waals surface area contributed by atoms with Crippen molar-refractivity contribution in [3.8, 4) is 5.75 Å². The van der Waals surface area contributed by atoms with Crippen molar-refractivity contribution in [3.63, 3.8) is 0 Å². The van der Waals surface area contributed by atoms with Crippen LogP contribution in [0.2, 0.25) is 5.02 Å². The van der Waals surface area contributed by atoms with Crippen LogP contribution in [0.4, 0.5) is 5.69 Å². The van der Waals surface area contributed by atoms with Gasteiger partial charge in [0.15, 0.2) is 5.75 Å². The average Bonchev–Trinajstić information content (AvgIpc) is 3.15. The Labute approximate surface area is 189 Å². The van der Waals surface area contributed by atoms with Gasteiger partial charge in [-0.1, -0.05) is 11.6 Å². The number of nitrogens with zero attached hydrogens (tertiary/aromatic N) is 4. The van der Waals surface area contributed by atoms with Gasteiger partial charge in [-0.15, -0.1) is 0 Å². The first-order valence-electron chi connectivity index (χ1n) is 9.95. The van der Waals surface area contributed by atoms with Crippen molar-refractivity contribution in [1.29, 1.82) is 0 Å². The van der Waals surface area contributed by atoms with Crippen LogP contribution in [0.3, 0.4) is 0 Å². The lowest BCUT2D eigenvalue weighted by molar-refractivity contribution is -0.385. The standard InChI is InChI=1S/C20H21ClN4O6S/c1-2-24-17-5-4-15(32(28,29)23-7-9-30-10-8-23)12-16(17)22-20(24)13-31-19-6-3-14(21)11-18(19)25(26)27/h3-6,11-12H,2,7-10,13H2,1H3. The van der Waals surface area contributed by atoms with Crippen molar-refractivity contribution in [2.24, 2.45) is 0 Å². The molecule has 2 aromatic carbocycles. The number of benzene rings is 2. The second kappa shape index (κ2) is 9.02. The summed E-state index contributed by atoms with van der Waals surface area (Å²) in [6.07, 6.45) is 0. The third-order valence-electron chi connectivity index (χ3n) is 5.20. The molecule has 170 valence electrons. The van der Waals surface area contributed by atoms with Gasteiger partial charge in [-0.3, -0.25) is 10.1 Å². The summed E-state index contributed by atoms with van der Waals surface area (Å²) in [7, 11) is -3.65. The van der Waals surface area contributed by atoms with Crippen LogP contribution < -0.4 is 4.74 Å². The molecule has 0 unspecified atom stereocenters. The molecule has 1 aliphatic heterocycles. The van der Waals surface area contributed by atoms with Crippen LogP contribution in [-0.2, 0) is 27.9 Å². The van der Waals surface area contributed by atoms with Crippen LogP contribution in [-0.4, -0.2) is 53.5 Å². The molecule has 0 radical (unpaired) electrons. The van der Waals surface area contributed by atoms with E-state index in [1.807, 2.05) is 11.5 Å². The molecule has 0 bridgehead atoms. The fourth-order valence-electron chi connectivity index (χ4n) is 3.62. The maximum Gasteiger partial charge on any atom is 0.312 e. The molecule has 0 saturated carbocycles. The zero-order valence-corrected chi connectivity index (χ0v) is 18.8. The Balaban J connectivity index is 1.64. The van der Waals surface area contributed by atoms with E-state index < -0.39 is 14.9 Å². The van der Waals surface area contributed by atoms with Crippen molar-refractivity contribution in [3.05, 3.63) is 57.4 Å². The molecule has 0 aliphatic carbocycles. The summed E-state index contributed by atoms with van der Waals surface area (Å²) < 4.78 is 40.1. The van der Waals surface area contributed by atoms with Gasteiger partial charge in [0, 0.05) is 30.7 Å². The third-order valence-corrected chi connectivity index (χ3v) is 7.33. The number of rotatable bonds is 7. The molecule has 1 aromatic heterocycles. The highest BCUT2D eigenvalue weighted by molar-refractivity contribution is 7.89. The van der Waals surface area contributed by atoms with E-state index in [4.69, 9.17) is 21.1 Å². The van der Waals surface area contributed by atoms with Crippen LogP contribution >= 0.6 is 11.6 Å². The van der Waals surface area contributed by atoms with Crippen molar-refractivity contribution in [1.82, 2.24) is 13.9 Å². The second-order valence-electron chi connectivity index (χ2n) is 7.10. The molecule has 32 heavy (non-hydrogen) atoms. The van der Waals surface area contributed by atoms with E-state index in [-0.39, 0.29) is 28.0 Å². The minimum absolute atomic E-state index is 0.0312. The Bertz CT molecular complexity index is 1270. The third kappa shape index (κ3) is 4.29. The van der Waals surface area contributed by atoms with Crippen LogP contribution in [0, 0.1) is 10.1 Å². The molecule has 3 aromatic rings. The fourth-order valence-corrected chi connectivity index (χ4v) is 5.21. The molecule has 1 fully saturated rings. The lowest BCUT2D eigenvalue weighted by Crippen LogP contribution is -2.40. The lowest BCUT2D eigenvalue weighted by atomic mass is 10.3. The highest BCUT2D eigenvalue weighted by Crippen LogP contribution is 2.31. The molecule has 2 heterocycles. The predicted octanol–water partition coefficient (Wildman–Crippen LogP) is 3.22. The summed E-state index contributed by atoms with van der Waals surface area (Å²) >= 11 is 5.85. The molecule has 0 atom stereocenters. The van der Waals surface area contributed by atoms with E-state index in [0.717, 1.165) is 5.52 Å². The van der Waals surface area contributed by atoms with Crippen LogP contribution in [0.25, 0.3) is 11.0 Å². The number of nitro groups is 1. The van der Waals surface area contributed by atoms with Crippen molar-refractivity contribution in [2.75, 3.05) is 26.3 Å². The second-order valence-corrected chi connectivity index (χ2v) is 9.47. The Kier molecular flexibility index (Phi) is 6.33. The Morgan fingerprint density at radius 2 is 1.97 bits per heavy atom. The quantitative estimate of drug-likeness (QED) is 0.376. The number of aryl methyl sites for hydroxylation is 1. The monoisotopic (exact) mass is 480 g/mol. The minimum atomic E-state index is -3.65. The highest BCUT2D eigenvalue weighted by atomic mass is 35.5. The molecule has 4 rings (SSSR count). The molecule has 0 amide bonds. The molecular formula is C20H21ClN4O6S.